The lowest BCUT2D eigenvalue weighted by Gasteiger charge is -2.20. The zero-order valence-electron chi connectivity index (χ0n) is 17.2. The van der Waals surface area contributed by atoms with Crippen LogP contribution in [0.5, 0.6) is 11.5 Å². The third-order valence-corrected chi connectivity index (χ3v) is 8.23. The van der Waals surface area contributed by atoms with Crippen molar-refractivity contribution in [3.8, 4) is 11.5 Å². The first-order chi connectivity index (χ1) is 15.9. The predicted molar refractivity (Wildman–Crippen MR) is 128 cm³/mol. The standard InChI is InChI=1S/C24H19ClFNO4S2/c25-19-7-3-2-6-18(19)24(23-11-15-5-1-4-8-22(15)32-23)27-33(28,29)17-9-10-20-21(12-17)31-14-16(26)13-30-20/h1-12,16,24,27H,13-14H2/t16?,24-/m1/s1. The van der Waals surface area contributed by atoms with E-state index in [0.717, 1.165) is 15.0 Å². The van der Waals surface area contributed by atoms with Gasteiger partial charge in [0.2, 0.25) is 10.0 Å². The summed E-state index contributed by atoms with van der Waals surface area (Å²) >= 11 is 7.97. The van der Waals surface area contributed by atoms with Gasteiger partial charge in [-0.15, -0.1) is 11.3 Å². The maximum absolute atomic E-state index is 13.6. The van der Waals surface area contributed by atoms with Crippen molar-refractivity contribution in [2.75, 3.05) is 13.2 Å². The smallest absolute Gasteiger partial charge is 0.241 e. The first-order valence-electron chi connectivity index (χ1n) is 10.2. The van der Waals surface area contributed by atoms with Gasteiger partial charge >= 0.3 is 0 Å². The molecule has 0 amide bonds. The minimum Gasteiger partial charge on any atom is -0.487 e. The van der Waals surface area contributed by atoms with Crippen LogP contribution in [0.3, 0.4) is 0 Å². The number of ether oxygens (including phenoxy) is 2. The molecule has 33 heavy (non-hydrogen) atoms. The van der Waals surface area contributed by atoms with E-state index in [1.54, 1.807) is 18.2 Å². The molecule has 0 aliphatic carbocycles. The third kappa shape index (κ3) is 4.56. The second kappa shape index (κ2) is 8.95. The number of nitrogens with one attached hydrogen (secondary N) is 1. The lowest BCUT2D eigenvalue weighted by Crippen LogP contribution is -2.29. The van der Waals surface area contributed by atoms with Gasteiger partial charge in [0.25, 0.3) is 0 Å². The van der Waals surface area contributed by atoms with Crippen molar-refractivity contribution in [3.05, 3.63) is 88.3 Å². The van der Waals surface area contributed by atoms with Crippen LogP contribution in [0.2, 0.25) is 5.02 Å². The van der Waals surface area contributed by atoms with Gasteiger partial charge in [-0.05, 0) is 41.3 Å². The molecule has 0 saturated heterocycles. The normalized spacial score (nSPS) is 17.0. The third-order valence-electron chi connectivity index (χ3n) is 5.28. The van der Waals surface area contributed by atoms with Crippen molar-refractivity contribution in [1.29, 1.82) is 0 Å². The number of fused-ring (bicyclic) bond motifs is 2. The fourth-order valence-electron chi connectivity index (χ4n) is 3.65. The first kappa shape index (κ1) is 22.2. The van der Waals surface area contributed by atoms with Crippen molar-refractivity contribution in [2.24, 2.45) is 0 Å². The number of halogens is 2. The summed E-state index contributed by atoms with van der Waals surface area (Å²) in [4.78, 5) is 0.794. The maximum atomic E-state index is 13.6. The zero-order chi connectivity index (χ0) is 23.0. The fourth-order valence-corrected chi connectivity index (χ4v) is 6.31. The minimum absolute atomic E-state index is 0.0136. The highest BCUT2D eigenvalue weighted by Gasteiger charge is 2.28. The number of alkyl halides is 1. The highest BCUT2D eigenvalue weighted by Crippen LogP contribution is 2.38. The van der Waals surface area contributed by atoms with Gasteiger partial charge in [-0.25, -0.2) is 12.8 Å². The Morgan fingerprint density at radius 3 is 2.48 bits per heavy atom. The van der Waals surface area contributed by atoms with Gasteiger partial charge < -0.3 is 9.47 Å². The molecular formula is C24H19ClFNO4S2. The Bertz CT molecular complexity index is 1390. The molecule has 1 aliphatic rings. The number of rotatable bonds is 5. The fraction of sp³-hybridized carbons (Fsp3) is 0.167. The molecule has 1 aromatic heterocycles. The van der Waals surface area contributed by atoms with Crippen molar-refractivity contribution >= 4 is 43.0 Å². The molecule has 5 nitrogen and oxygen atoms in total. The van der Waals surface area contributed by atoms with Crippen LogP contribution in [0, 0.1) is 0 Å². The summed E-state index contributed by atoms with van der Waals surface area (Å²) in [6.45, 7) is -0.341. The van der Waals surface area contributed by atoms with E-state index < -0.39 is 22.2 Å². The van der Waals surface area contributed by atoms with Crippen LogP contribution >= 0.6 is 22.9 Å². The van der Waals surface area contributed by atoms with E-state index in [2.05, 4.69) is 4.72 Å². The van der Waals surface area contributed by atoms with Crippen molar-refractivity contribution in [1.82, 2.24) is 4.72 Å². The number of hydrogen-bond acceptors (Lipinski definition) is 5. The predicted octanol–water partition coefficient (Wildman–Crippen LogP) is 5.73. The molecule has 1 aliphatic heterocycles. The van der Waals surface area contributed by atoms with Gasteiger partial charge in [0, 0.05) is 20.7 Å². The Labute approximate surface area is 199 Å². The van der Waals surface area contributed by atoms with E-state index in [-0.39, 0.29) is 23.9 Å². The molecule has 0 spiro atoms. The highest BCUT2D eigenvalue weighted by molar-refractivity contribution is 7.89. The molecule has 5 rings (SSSR count). The number of hydrogen-bond donors (Lipinski definition) is 1. The van der Waals surface area contributed by atoms with Crippen LogP contribution in [0.1, 0.15) is 16.5 Å². The monoisotopic (exact) mass is 503 g/mol. The second-order valence-electron chi connectivity index (χ2n) is 7.59. The molecule has 0 fully saturated rings. The Morgan fingerprint density at radius 2 is 1.70 bits per heavy atom. The quantitative estimate of drug-likeness (QED) is 0.377. The molecule has 2 atom stereocenters. The van der Waals surface area contributed by atoms with Gasteiger partial charge in [0.15, 0.2) is 17.7 Å². The van der Waals surface area contributed by atoms with Crippen LogP contribution in [0.4, 0.5) is 4.39 Å². The Balaban J connectivity index is 1.55. The molecule has 1 unspecified atom stereocenters. The molecule has 1 N–H and O–H groups in total. The van der Waals surface area contributed by atoms with E-state index in [0.29, 0.717) is 16.3 Å². The van der Waals surface area contributed by atoms with Gasteiger partial charge in [-0.2, -0.15) is 4.72 Å². The van der Waals surface area contributed by atoms with Gasteiger partial charge in [-0.1, -0.05) is 48.0 Å². The molecule has 170 valence electrons. The Hall–Kier alpha value is -2.65. The van der Waals surface area contributed by atoms with Crippen LogP contribution < -0.4 is 14.2 Å². The Kier molecular flexibility index (Phi) is 6.01. The SMILES string of the molecule is O=S(=O)(N[C@@H](c1cc2ccccc2s1)c1ccccc1Cl)c1ccc2c(c1)OCC(F)CO2. The van der Waals surface area contributed by atoms with E-state index in [1.165, 1.54) is 29.5 Å². The molecule has 0 radical (unpaired) electrons. The van der Waals surface area contributed by atoms with Crippen molar-refractivity contribution < 1.29 is 22.3 Å². The lowest BCUT2D eigenvalue weighted by molar-refractivity contribution is 0.162. The molecule has 2 heterocycles. The van der Waals surface area contributed by atoms with Gasteiger partial charge in [0.05, 0.1) is 10.9 Å². The van der Waals surface area contributed by atoms with E-state index >= 15 is 0 Å². The molecular weight excluding hydrogens is 485 g/mol. The van der Waals surface area contributed by atoms with Gasteiger partial charge in [-0.3, -0.25) is 0 Å². The van der Waals surface area contributed by atoms with E-state index in [1.807, 2.05) is 36.4 Å². The lowest BCUT2D eigenvalue weighted by atomic mass is 10.1. The second-order valence-corrected chi connectivity index (χ2v) is 10.8. The van der Waals surface area contributed by atoms with Crippen molar-refractivity contribution in [3.63, 3.8) is 0 Å². The highest BCUT2D eigenvalue weighted by atomic mass is 35.5. The number of benzene rings is 3. The first-order valence-corrected chi connectivity index (χ1v) is 12.9. The molecule has 9 heteroatoms. The topological polar surface area (TPSA) is 64.6 Å². The maximum Gasteiger partial charge on any atom is 0.241 e. The minimum atomic E-state index is -4.00. The summed E-state index contributed by atoms with van der Waals surface area (Å²) < 4.78 is 55.1. The number of sulfonamides is 1. The van der Waals surface area contributed by atoms with Crippen LogP contribution in [0.15, 0.2) is 77.7 Å². The molecule has 0 bridgehead atoms. The number of thiophene rings is 1. The Morgan fingerprint density at radius 1 is 0.970 bits per heavy atom. The van der Waals surface area contributed by atoms with E-state index in [9.17, 15) is 12.8 Å². The molecule has 3 aromatic carbocycles. The van der Waals surface area contributed by atoms with Gasteiger partial charge in [0.1, 0.15) is 13.2 Å². The summed E-state index contributed by atoms with van der Waals surface area (Å²) in [6, 6.07) is 20.5. The summed E-state index contributed by atoms with van der Waals surface area (Å²) in [6.07, 6.45) is -1.28. The molecule has 4 aromatic rings. The zero-order valence-corrected chi connectivity index (χ0v) is 19.6. The average molecular weight is 504 g/mol. The summed E-state index contributed by atoms with van der Waals surface area (Å²) in [5.41, 5.74) is 0.643. The summed E-state index contributed by atoms with van der Waals surface area (Å²) in [7, 11) is -4.00. The summed E-state index contributed by atoms with van der Waals surface area (Å²) in [5, 5.41) is 1.47. The average Bonchev–Trinajstić information content (AvgIpc) is 3.15. The van der Waals surface area contributed by atoms with E-state index in [4.69, 9.17) is 21.1 Å². The van der Waals surface area contributed by atoms with Crippen LogP contribution in [-0.2, 0) is 10.0 Å². The molecule has 0 saturated carbocycles. The van der Waals surface area contributed by atoms with Crippen LogP contribution in [0.25, 0.3) is 10.1 Å². The summed E-state index contributed by atoms with van der Waals surface area (Å²) in [5.74, 6) is 0.496. The van der Waals surface area contributed by atoms with Crippen molar-refractivity contribution in [2.45, 2.75) is 17.1 Å². The van der Waals surface area contributed by atoms with Crippen LogP contribution in [-0.4, -0.2) is 27.8 Å². The largest absolute Gasteiger partial charge is 0.487 e.